The third kappa shape index (κ3) is 1.96. The molecule has 2 heterocycles. The Labute approximate surface area is 97.0 Å². The van der Waals surface area contributed by atoms with E-state index in [0.29, 0.717) is 13.1 Å². The number of amides is 1. The molecular weight excluding hydrogens is 204 g/mol. The van der Waals surface area contributed by atoms with E-state index in [1.165, 1.54) is 0 Å². The van der Waals surface area contributed by atoms with E-state index in [0.717, 1.165) is 32.4 Å². The molecule has 0 aromatic heterocycles. The summed E-state index contributed by atoms with van der Waals surface area (Å²) in [5.41, 5.74) is -0.847. The lowest BCUT2D eigenvalue weighted by atomic mass is 9.79. The van der Waals surface area contributed by atoms with Crippen molar-refractivity contribution in [3.8, 4) is 0 Å². The van der Waals surface area contributed by atoms with Crippen LogP contribution in [0.1, 0.15) is 33.1 Å². The summed E-state index contributed by atoms with van der Waals surface area (Å²) in [5.74, 6) is 0.242. The Balaban J connectivity index is 2.01. The quantitative estimate of drug-likeness (QED) is 0.730. The average Bonchev–Trinajstić information content (AvgIpc) is 2.63. The minimum Gasteiger partial charge on any atom is -0.386 e. The summed E-state index contributed by atoms with van der Waals surface area (Å²) in [7, 11) is 0. The Hall–Kier alpha value is -0.610. The number of likely N-dealkylation sites (tertiary alicyclic amines) is 1. The fourth-order valence-electron chi connectivity index (χ4n) is 2.98. The molecule has 2 fully saturated rings. The first-order chi connectivity index (χ1) is 7.49. The van der Waals surface area contributed by atoms with Gasteiger partial charge in [-0.2, -0.15) is 0 Å². The van der Waals surface area contributed by atoms with Crippen LogP contribution < -0.4 is 5.32 Å². The van der Waals surface area contributed by atoms with Crippen LogP contribution in [0.4, 0.5) is 0 Å². The van der Waals surface area contributed by atoms with E-state index < -0.39 is 5.60 Å². The molecule has 16 heavy (non-hydrogen) atoms. The molecule has 0 aromatic rings. The summed E-state index contributed by atoms with van der Waals surface area (Å²) in [6, 6.07) is 0. The summed E-state index contributed by atoms with van der Waals surface area (Å²) >= 11 is 0. The molecule has 0 saturated carbocycles. The van der Waals surface area contributed by atoms with Gasteiger partial charge in [0.1, 0.15) is 0 Å². The Morgan fingerprint density at radius 1 is 1.50 bits per heavy atom. The predicted octanol–water partition coefficient (Wildman–Crippen LogP) is 0.359. The van der Waals surface area contributed by atoms with Crippen molar-refractivity contribution < 1.29 is 9.90 Å². The number of β-amino-alcohol motifs (C(OH)–C–C–N with tert-alkyl or cyclic N) is 1. The van der Waals surface area contributed by atoms with Crippen LogP contribution in [-0.4, -0.2) is 47.7 Å². The van der Waals surface area contributed by atoms with Gasteiger partial charge >= 0.3 is 0 Å². The van der Waals surface area contributed by atoms with Crippen molar-refractivity contribution in [2.75, 3.05) is 26.2 Å². The van der Waals surface area contributed by atoms with E-state index in [1.54, 1.807) is 6.92 Å². The largest absolute Gasteiger partial charge is 0.386 e. The lowest BCUT2D eigenvalue weighted by Crippen LogP contribution is -2.64. The van der Waals surface area contributed by atoms with Crippen LogP contribution in [0.25, 0.3) is 0 Å². The zero-order valence-corrected chi connectivity index (χ0v) is 10.3. The fourth-order valence-corrected chi connectivity index (χ4v) is 2.98. The number of rotatable bonds is 3. The number of hydrogen-bond donors (Lipinski definition) is 2. The van der Waals surface area contributed by atoms with E-state index in [2.05, 4.69) is 12.2 Å². The molecule has 0 aliphatic carbocycles. The molecule has 0 radical (unpaired) electrons. The van der Waals surface area contributed by atoms with Gasteiger partial charge in [0.25, 0.3) is 0 Å². The first-order valence-electron chi connectivity index (χ1n) is 6.22. The fraction of sp³-hybridized carbons (Fsp3) is 0.917. The third-order valence-electron chi connectivity index (χ3n) is 3.78. The van der Waals surface area contributed by atoms with Crippen LogP contribution in [0.15, 0.2) is 0 Å². The van der Waals surface area contributed by atoms with Crippen molar-refractivity contribution in [1.29, 1.82) is 0 Å². The summed E-state index contributed by atoms with van der Waals surface area (Å²) in [4.78, 5) is 14.2. The molecule has 4 nitrogen and oxygen atoms in total. The highest BCUT2D eigenvalue weighted by molar-refractivity contribution is 5.84. The Morgan fingerprint density at radius 3 is 2.62 bits per heavy atom. The van der Waals surface area contributed by atoms with Gasteiger partial charge in [0, 0.05) is 6.54 Å². The standard InChI is InChI=1S/C12H22N2O2/c1-3-4-12(5-6-13-7-12)10(15)14-8-11(2,16)9-14/h13,16H,3-9H2,1-2H3. The van der Waals surface area contributed by atoms with Crippen molar-refractivity contribution >= 4 is 5.91 Å². The van der Waals surface area contributed by atoms with E-state index in [4.69, 9.17) is 0 Å². The van der Waals surface area contributed by atoms with Gasteiger partial charge in [0.15, 0.2) is 0 Å². The molecule has 0 spiro atoms. The van der Waals surface area contributed by atoms with E-state index >= 15 is 0 Å². The monoisotopic (exact) mass is 226 g/mol. The Bertz CT molecular complexity index is 275. The number of carbonyl (C=O) groups excluding carboxylic acids is 1. The molecule has 0 aromatic carbocycles. The first kappa shape index (κ1) is 11.9. The van der Waals surface area contributed by atoms with Crippen LogP contribution >= 0.6 is 0 Å². The minimum absolute atomic E-state index is 0.189. The van der Waals surface area contributed by atoms with Gasteiger partial charge in [-0.05, 0) is 26.3 Å². The lowest BCUT2D eigenvalue weighted by Gasteiger charge is -2.47. The third-order valence-corrected chi connectivity index (χ3v) is 3.78. The Kier molecular flexibility index (Phi) is 2.97. The number of nitrogens with zero attached hydrogens (tertiary/aromatic N) is 1. The maximum Gasteiger partial charge on any atom is 0.230 e. The molecule has 2 aliphatic rings. The number of hydrogen-bond acceptors (Lipinski definition) is 3. The molecule has 4 heteroatoms. The van der Waals surface area contributed by atoms with Gasteiger partial charge in [0.05, 0.1) is 24.1 Å². The van der Waals surface area contributed by atoms with Gasteiger partial charge in [-0.3, -0.25) is 4.79 Å². The highest BCUT2D eigenvalue weighted by Crippen LogP contribution is 2.36. The van der Waals surface area contributed by atoms with Crippen LogP contribution in [-0.2, 0) is 4.79 Å². The lowest BCUT2D eigenvalue weighted by molar-refractivity contribution is -0.162. The van der Waals surface area contributed by atoms with E-state index in [1.807, 2.05) is 4.90 Å². The Morgan fingerprint density at radius 2 is 2.19 bits per heavy atom. The van der Waals surface area contributed by atoms with Crippen molar-refractivity contribution in [1.82, 2.24) is 10.2 Å². The zero-order chi connectivity index (χ0) is 11.8. The summed E-state index contributed by atoms with van der Waals surface area (Å²) < 4.78 is 0. The van der Waals surface area contributed by atoms with Gasteiger partial charge in [-0.25, -0.2) is 0 Å². The molecule has 0 bridgehead atoms. The number of aliphatic hydroxyl groups is 1. The maximum atomic E-state index is 12.4. The second-order valence-electron chi connectivity index (χ2n) is 5.62. The van der Waals surface area contributed by atoms with Gasteiger partial charge < -0.3 is 15.3 Å². The summed E-state index contributed by atoms with van der Waals surface area (Å²) in [6.07, 6.45) is 2.94. The SMILES string of the molecule is CCCC1(C(=O)N2CC(C)(O)C2)CCNC1. The second-order valence-corrected chi connectivity index (χ2v) is 5.62. The smallest absolute Gasteiger partial charge is 0.230 e. The van der Waals surface area contributed by atoms with Crippen molar-refractivity contribution in [3.63, 3.8) is 0 Å². The van der Waals surface area contributed by atoms with Crippen LogP contribution in [0.3, 0.4) is 0 Å². The van der Waals surface area contributed by atoms with Gasteiger partial charge in [0.2, 0.25) is 5.91 Å². The maximum absolute atomic E-state index is 12.4. The molecule has 1 amide bonds. The van der Waals surface area contributed by atoms with Gasteiger partial charge in [-0.15, -0.1) is 0 Å². The second kappa shape index (κ2) is 4.00. The van der Waals surface area contributed by atoms with E-state index in [9.17, 15) is 9.90 Å². The van der Waals surface area contributed by atoms with Crippen LogP contribution in [0.5, 0.6) is 0 Å². The van der Waals surface area contributed by atoms with Crippen molar-refractivity contribution in [2.45, 2.75) is 38.7 Å². The summed E-state index contributed by atoms with van der Waals surface area (Å²) in [5, 5.41) is 13.0. The molecule has 1 atom stereocenters. The zero-order valence-electron chi connectivity index (χ0n) is 10.3. The molecule has 2 aliphatic heterocycles. The van der Waals surface area contributed by atoms with Crippen LogP contribution in [0, 0.1) is 5.41 Å². The van der Waals surface area contributed by atoms with Crippen molar-refractivity contribution in [3.05, 3.63) is 0 Å². The highest BCUT2D eigenvalue weighted by Gasteiger charge is 2.48. The first-order valence-corrected chi connectivity index (χ1v) is 6.22. The summed E-state index contributed by atoms with van der Waals surface area (Å²) in [6.45, 7) is 6.65. The number of carbonyl (C=O) groups is 1. The molecule has 1 unspecified atom stereocenters. The average molecular weight is 226 g/mol. The minimum atomic E-state index is -0.658. The van der Waals surface area contributed by atoms with Crippen molar-refractivity contribution in [2.24, 2.45) is 5.41 Å². The van der Waals surface area contributed by atoms with E-state index in [-0.39, 0.29) is 11.3 Å². The normalized spacial score (nSPS) is 32.6. The van der Waals surface area contributed by atoms with Crippen LogP contribution in [0.2, 0.25) is 0 Å². The predicted molar refractivity (Wildman–Crippen MR) is 62.0 cm³/mol. The molecule has 2 rings (SSSR count). The number of nitrogens with one attached hydrogen (secondary N) is 1. The molecule has 92 valence electrons. The molecule has 2 N–H and O–H groups in total. The molecule has 2 saturated heterocycles. The van der Waals surface area contributed by atoms with Gasteiger partial charge in [-0.1, -0.05) is 13.3 Å². The molecular formula is C12H22N2O2. The highest BCUT2D eigenvalue weighted by atomic mass is 16.3. The topological polar surface area (TPSA) is 52.6 Å².